The number of halogens is 2. The Hall–Kier alpha value is -3.22. The van der Waals surface area contributed by atoms with E-state index in [4.69, 9.17) is 33.7 Å². The van der Waals surface area contributed by atoms with E-state index in [1.807, 2.05) is 0 Å². The molecule has 8 heteroatoms. The van der Waals surface area contributed by atoms with Crippen LogP contribution in [0.25, 0.3) is 0 Å². The maximum absolute atomic E-state index is 11.3. The molecule has 148 valence electrons. The number of carbonyl (C=O) groups excluding carboxylic acids is 2. The number of primary amides is 1. The molecular formula is C21H15Cl2N2O4-. The number of aromatic carboxylic acids is 1. The lowest BCUT2D eigenvalue weighted by Gasteiger charge is -2.17. The minimum atomic E-state index is -1.33. The van der Waals surface area contributed by atoms with E-state index in [2.05, 4.69) is 5.32 Å². The molecule has 3 aromatic carbocycles. The van der Waals surface area contributed by atoms with Crippen molar-refractivity contribution in [1.82, 2.24) is 0 Å². The molecule has 0 radical (unpaired) electrons. The first kappa shape index (κ1) is 20.5. The van der Waals surface area contributed by atoms with Gasteiger partial charge in [0.2, 0.25) is 5.91 Å². The lowest BCUT2D eigenvalue weighted by atomic mass is 10.1. The summed E-state index contributed by atoms with van der Waals surface area (Å²) in [6, 6.07) is 16.1. The molecule has 3 aromatic rings. The molecule has 0 saturated carbocycles. The van der Waals surface area contributed by atoms with Gasteiger partial charge in [-0.1, -0.05) is 53.5 Å². The summed E-state index contributed by atoms with van der Waals surface area (Å²) in [5.41, 5.74) is 6.93. The maximum Gasteiger partial charge on any atom is 0.248 e. The van der Waals surface area contributed by atoms with Gasteiger partial charge >= 0.3 is 0 Å². The van der Waals surface area contributed by atoms with Crippen molar-refractivity contribution in [3.63, 3.8) is 0 Å². The van der Waals surface area contributed by atoms with Crippen molar-refractivity contribution in [3.05, 3.63) is 87.4 Å². The van der Waals surface area contributed by atoms with E-state index in [-0.39, 0.29) is 27.9 Å². The Balaban J connectivity index is 1.85. The van der Waals surface area contributed by atoms with Crippen LogP contribution in [-0.4, -0.2) is 11.9 Å². The number of carboxylic acids is 1. The van der Waals surface area contributed by atoms with E-state index in [0.717, 1.165) is 5.56 Å². The maximum atomic E-state index is 11.3. The van der Waals surface area contributed by atoms with Gasteiger partial charge in [0.05, 0.1) is 16.7 Å². The van der Waals surface area contributed by atoms with Crippen LogP contribution in [-0.2, 0) is 6.61 Å². The first-order valence-corrected chi connectivity index (χ1v) is 9.19. The van der Waals surface area contributed by atoms with Crippen LogP contribution in [0, 0.1) is 0 Å². The molecule has 3 rings (SSSR count). The van der Waals surface area contributed by atoms with Crippen LogP contribution in [0.15, 0.2) is 60.7 Å². The van der Waals surface area contributed by atoms with E-state index < -0.39 is 11.9 Å². The monoisotopic (exact) mass is 429 g/mol. The van der Waals surface area contributed by atoms with Gasteiger partial charge in [0.1, 0.15) is 17.4 Å². The molecule has 0 aliphatic rings. The number of rotatable bonds is 7. The largest absolute Gasteiger partial charge is 0.545 e. The molecule has 0 aliphatic heterocycles. The van der Waals surface area contributed by atoms with E-state index in [1.165, 1.54) is 6.07 Å². The second-order valence-corrected chi connectivity index (χ2v) is 6.83. The molecular weight excluding hydrogens is 415 g/mol. The van der Waals surface area contributed by atoms with Crippen LogP contribution >= 0.6 is 23.2 Å². The van der Waals surface area contributed by atoms with E-state index in [1.54, 1.807) is 54.6 Å². The quantitative estimate of drug-likeness (QED) is 0.594. The molecule has 29 heavy (non-hydrogen) atoms. The summed E-state index contributed by atoms with van der Waals surface area (Å²) in [6.45, 7) is 0.136. The number of carboxylic acid groups (broad SMARTS) is 1. The minimum Gasteiger partial charge on any atom is -0.545 e. The molecule has 0 fully saturated rings. The Morgan fingerprint density at radius 1 is 1.03 bits per heavy atom. The Morgan fingerprint density at radius 2 is 1.79 bits per heavy atom. The van der Waals surface area contributed by atoms with E-state index in [9.17, 15) is 14.7 Å². The molecule has 0 bridgehead atoms. The van der Waals surface area contributed by atoms with Gasteiger partial charge in [0, 0.05) is 16.8 Å². The number of ether oxygens (including phenoxy) is 1. The fourth-order valence-corrected chi connectivity index (χ4v) is 3.16. The van der Waals surface area contributed by atoms with Crippen molar-refractivity contribution < 1.29 is 19.4 Å². The number of benzene rings is 3. The van der Waals surface area contributed by atoms with Gasteiger partial charge in [-0.15, -0.1) is 0 Å². The van der Waals surface area contributed by atoms with Gasteiger partial charge in [-0.2, -0.15) is 0 Å². The smallest absolute Gasteiger partial charge is 0.248 e. The number of nitrogens with two attached hydrogens (primary N) is 1. The number of amides is 1. The van der Waals surface area contributed by atoms with Crippen molar-refractivity contribution in [1.29, 1.82) is 0 Å². The second-order valence-electron chi connectivity index (χ2n) is 6.05. The van der Waals surface area contributed by atoms with Crippen molar-refractivity contribution in [2.45, 2.75) is 6.61 Å². The summed E-state index contributed by atoms with van der Waals surface area (Å²) in [5.74, 6) is -1.54. The lowest BCUT2D eigenvalue weighted by Crippen LogP contribution is -2.23. The molecule has 0 unspecified atom stereocenters. The molecule has 0 spiro atoms. The summed E-state index contributed by atoms with van der Waals surface area (Å²) in [7, 11) is 0. The Morgan fingerprint density at radius 3 is 2.52 bits per heavy atom. The fourth-order valence-electron chi connectivity index (χ4n) is 2.64. The van der Waals surface area contributed by atoms with Crippen LogP contribution in [0.3, 0.4) is 0 Å². The SMILES string of the molecule is NC(=O)c1cccc(COc2ccc(Cl)c(Nc3ccccc3C(=O)[O-])c2Cl)c1. The average Bonchev–Trinajstić information content (AvgIpc) is 2.71. The van der Waals surface area contributed by atoms with Crippen molar-refractivity contribution in [2.24, 2.45) is 5.73 Å². The van der Waals surface area contributed by atoms with Crippen molar-refractivity contribution in [2.75, 3.05) is 5.32 Å². The summed E-state index contributed by atoms with van der Waals surface area (Å²) in [6.07, 6.45) is 0. The molecule has 0 aliphatic carbocycles. The molecule has 1 amide bonds. The van der Waals surface area contributed by atoms with Crippen molar-refractivity contribution in [3.8, 4) is 5.75 Å². The zero-order chi connectivity index (χ0) is 21.0. The first-order valence-electron chi connectivity index (χ1n) is 8.43. The lowest BCUT2D eigenvalue weighted by molar-refractivity contribution is -0.254. The van der Waals surface area contributed by atoms with Crippen molar-refractivity contribution >= 4 is 46.5 Å². The summed E-state index contributed by atoms with van der Waals surface area (Å²) in [4.78, 5) is 22.6. The van der Waals surface area contributed by atoms with Gasteiger partial charge in [-0.3, -0.25) is 4.79 Å². The van der Waals surface area contributed by atoms with Gasteiger partial charge in [0.25, 0.3) is 0 Å². The minimum absolute atomic E-state index is 0.0331. The normalized spacial score (nSPS) is 10.4. The topological polar surface area (TPSA) is 104 Å². The number of carbonyl (C=O) groups is 2. The van der Waals surface area contributed by atoms with Gasteiger partial charge < -0.3 is 25.7 Å². The Bertz CT molecular complexity index is 1090. The van der Waals surface area contributed by atoms with Gasteiger partial charge in [-0.05, 0) is 35.9 Å². The number of hydrogen-bond acceptors (Lipinski definition) is 5. The zero-order valence-corrected chi connectivity index (χ0v) is 16.5. The Kier molecular flexibility index (Phi) is 6.26. The van der Waals surface area contributed by atoms with Crippen LogP contribution in [0.4, 0.5) is 11.4 Å². The Labute approximate surface area is 176 Å². The number of hydrogen-bond donors (Lipinski definition) is 2. The first-order chi connectivity index (χ1) is 13.9. The third kappa shape index (κ3) is 4.80. The molecule has 0 aromatic heterocycles. The van der Waals surface area contributed by atoms with Crippen LogP contribution in [0.1, 0.15) is 26.3 Å². The standard InChI is InChI=1S/C21H16Cl2N2O4/c22-15-8-9-17(29-11-12-4-3-5-13(10-12)20(24)26)18(23)19(15)25-16-7-2-1-6-14(16)21(27)28/h1-10,25H,11H2,(H2,24,26)(H,27,28)/p-1. The van der Waals surface area contributed by atoms with Crippen LogP contribution in [0.2, 0.25) is 10.0 Å². The molecule has 3 N–H and O–H groups in total. The van der Waals surface area contributed by atoms with Gasteiger partial charge in [0.15, 0.2) is 0 Å². The molecule has 0 heterocycles. The fraction of sp³-hybridized carbons (Fsp3) is 0.0476. The highest BCUT2D eigenvalue weighted by molar-refractivity contribution is 6.40. The summed E-state index contributed by atoms with van der Waals surface area (Å²) in [5, 5.41) is 14.7. The average molecular weight is 430 g/mol. The number of nitrogens with one attached hydrogen (secondary N) is 1. The molecule has 0 saturated heterocycles. The third-order valence-corrected chi connectivity index (χ3v) is 4.76. The molecule has 6 nitrogen and oxygen atoms in total. The van der Waals surface area contributed by atoms with Crippen LogP contribution in [0.5, 0.6) is 5.75 Å². The van der Waals surface area contributed by atoms with E-state index in [0.29, 0.717) is 17.0 Å². The van der Waals surface area contributed by atoms with Crippen LogP contribution < -0.4 is 20.9 Å². The van der Waals surface area contributed by atoms with Gasteiger partial charge in [-0.25, -0.2) is 0 Å². The summed E-state index contributed by atoms with van der Waals surface area (Å²) < 4.78 is 5.76. The predicted octanol–water partition coefficient (Wildman–Crippen LogP) is 3.78. The highest BCUT2D eigenvalue weighted by Gasteiger charge is 2.14. The molecule has 0 atom stereocenters. The highest BCUT2D eigenvalue weighted by Crippen LogP contribution is 2.40. The third-order valence-electron chi connectivity index (χ3n) is 4.07. The zero-order valence-electron chi connectivity index (χ0n) is 14.9. The summed E-state index contributed by atoms with van der Waals surface area (Å²) >= 11 is 12.7. The number of para-hydroxylation sites is 1. The number of anilines is 2. The predicted molar refractivity (Wildman–Crippen MR) is 110 cm³/mol. The second kappa shape index (κ2) is 8.86. The van der Waals surface area contributed by atoms with E-state index >= 15 is 0 Å². The highest BCUT2D eigenvalue weighted by atomic mass is 35.5.